The summed E-state index contributed by atoms with van der Waals surface area (Å²) in [5, 5.41) is 6.90. The number of nitrogens with zero attached hydrogens (tertiary/aromatic N) is 4. The molecule has 8 aromatic rings. The summed E-state index contributed by atoms with van der Waals surface area (Å²) < 4.78 is 4.91. The Bertz CT molecular complexity index is 2100. The maximum Gasteiger partial charge on any atom is 0.145 e. The van der Waals surface area contributed by atoms with E-state index in [1.54, 1.807) is 0 Å². The van der Waals surface area contributed by atoms with Crippen molar-refractivity contribution in [3.05, 3.63) is 110 Å². The first kappa shape index (κ1) is 19.7. The van der Waals surface area contributed by atoms with Crippen LogP contribution in [0.4, 0.5) is 0 Å². The Morgan fingerprint density at radius 2 is 1.31 bits per heavy atom. The molecule has 0 atom stereocenters. The zero-order valence-corrected chi connectivity index (χ0v) is 19.9. The van der Waals surface area contributed by atoms with Crippen molar-refractivity contribution in [1.29, 1.82) is 0 Å². The van der Waals surface area contributed by atoms with Gasteiger partial charge in [0.15, 0.2) is 0 Å². The number of thiophene rings is 1. The van der Waals surface area contributed by atoms with Gasteiger partial charge in [-0.2, -0.15) is 0 Å². The Balaban J connectivity index is 1.58. The minimum atomic E-state index is 0.923. The highest BCUT2D eigenvalue weighted by atomic mass is 32.1. The van der Waals surface area contributed by atoms with E-state index in [4.69, 9.17) is 4.98 Å². The molecule has 0 spiro atoms. The SMILES string of the molecule is c1ccc(-c2nc3c4ccncc4c4cnccc4c3n2-c2ccc3sc4ccccc4c3c2)cc1. The molecule has 0 radical (unpaired) electrons. The summed E-state index contributed by atoms with van der Waals surface area (Å²) in [6.07, 6.45) is 7.56. The summed E-state index contributed by atoms with van der Waals surface area (Å²) >= 11 is 1.84. The average molecular weight is 479 g/mol. The first-order valence-electron chi connectivity index (χ1n) is 11.9. The van der Waals surface area contributed by atoms with Crippen molar-refractivity contribution in [1.82, 2.24) is 19.5 Å². The van der Waals surface area contributed by atoms with Crippen LogP contribution >= 0.6 is 11.3 Å². The fourth-order valence-corrected chi connectivity index (χ4v) is 6.46. The molecule has 168 valence electrons. The lowest BCUT2D eigenvalue weighted by Crippen LogP contribution is -1.98. The van der Waals surface area contributed by atoms with E-state index in [0.29, 0.717) is 0 Å². The number of aromatic nitrogens is 4. The van der Waals surface area contributed by atoms with Gasteiger partial charge < -0.3 is 0 Å². The van der Waals surface area contributed by atoms with Crippen LogP contribution in [0.2, 0.25) is 0 Å². The van der Waals surface area contributed by atoms with Crippen LogP contribution in [0.15, 0.2) is 110 Å². The molecule has 0 bridgehead atoms. The quantitative estimate of drug-likeness (QED) is 0.235. The van der Waals surface area contributed by atoms with Crippen molar-refractivity contribution in [2.45, 2.75) is 0 Å². The highest BCUT2D eigenvalue weighted by molar-refractivity contribution is 7.25. The average Bonchev–Trinajstić information content (AvgIpc) is 3.53. The maximum atomic E-state index is 5.29. The first-order chi connectivity index (χ1) is 17.9. The fraction of sp³-hybridized carbons (Fsp3) is 0. The standard InChI is InChI=1S/C31H18N4S/c1-2-6-19(7-3-1)31-34-29-22-12-14-32-17-25(22)26-18-33-15-13-23(26)30(29)35(31)20-10-11-28-24(16-20)21-8-4-5-9-27(21)36-28/h1-18H. The van der Waals surface area contributed by atoms with E-state index in [1.165, 1.54) is 20.2 Å². The molecular formula is C31H18N4S. The number of imidazole rings is 1. The third-order valence-electron chi connectivity index (χ3n) is 6.97. The van der Waals surface area contributed by atoms with Gasteiger partial charge in [-0.15, -0.1) is 11.3 Å². The highest BCUT2D eigenvalue weighted by Crippen LogP contribution is 2.40. The molecule has 0 aliphatic carbocycles. The molecule has 0 amide bonds. The van der Waals surface area contributed by atoms with Gasteiger partial charge in [0.1, 0.15) is 5.82 Å². The van der Waals surface area contributed by atoms with Crippen LogP contribution in [-0.4, -0.2) is 19.5 Å². The molecule has 0 aliphatic heterocycles. The first-order valence-corrected chi connectivity index (χ1v) is 12.7. The Hall–Kier alpha value is -4.61. The van der Waals surface area contributed by atoms with Gasteiger partial charge >= 0.3 is 0 Å². The second-order valence-corrected chi connectivity index (χ2v) is 10.0. The summed E-state index contributed by atoms with van der Waals surface area (Å²) in [6, 6.07) is 30.0. The van der Waals surface area contributed by atoms with E-state index in [2.05, 4.69) is 93.4 Å². The maximum absolute atomic E-state index is 5.29. The van der Waals surface area contributed by atoms with E-state index >= 15 is 0 Å². The summed E-state index contributed by atoms with van der Waals surface area (Å²) in [5.74, 6) is 0.923. The lowest BCUT2D eigenvalue weighted by atomic mass is 10.0. The number of pyridine rings is 2. The van der Waals surface area contributed by atoms with Crippen LogP contribution < -0.4 is 0 Å². The summed E-state index contributed by atoms with van der Waals surface area (Å²) in [5.41, 5.74) is 4.23. The van der Waals surface area contributed by atoms with Gasteiger partial charge in [0, 0.05) is 77.8 Å². The molecule has 8 rings (SSSR count). The van der Waals surface area contributed by atoms with E-state index in [0.717, 1.165) is 49.7 Å². The zero-order valence-electron chi connectivity index (χ0n) is 19.1. The summed E-state index contributed by atoms with van der Waals surface area (Å²) in [6.45, 7) is 0. The molecule has 0 unspecified atom stereocenters. The van der Waals surface area contributed by atoms with Gasteiger partial charge in [-0.05, 0) is 36.4 Å². The molecule has 0 saturated heterocycles. The topological polar surface area (TPSA) is 43.6 Å². The van der Waals surface area contributed by atoms with Crippen molar-refractivity contribution < 1.29 is 0 Å². The molecule has 4 aromatic heterocycles. The van der Waals surface area contributed by atoms with E-state index < -0.39 is 0 Å². The second kappa shape index (κ2) is 7.44. The number of rotatable bonds is 2. The summed E-state index contributed by atoms with van der Waals surface area (Å²) in [7, 11) is 0. The van der Waals surface area contributed by atoms with Crippen LogP contribution in [0.25, 0.3) is 69.8 Å². The Labute approximate surface area is 210 Å². The van der Waals surface area contributed by atoms with Crippen LogP contribution in [0.3, 0.4) is 0 Å². The Morgan fingerprint density at radius 3 is 2.17 bits per heavy atom. The van der Waals surface area contributed by atoms with Crippen molar-refractivity contribution in [2.75, 3.05) is 0 Å². The third-order valence-corrected chi connectivity index (χ3v) is 8.12. The van der Waals surface area contributed by atoms with Gasteiger partial charge in [-0.25, -0.2) is 4.98 Å². The van der Waals surface area contributed by atoms with Gasteiger partial charge in [0.05, 0.1) is 11.0 Å². The molecule has 4 nitrogen and oxygen atoms in total. The number of fused-ring (bicyclic) bond motifs is 9. The molecule has 5 heteroatoms. The van der Waals surface area contributed by atoms with E-state index in [9.17, 15) is 0 Å². The molecule has 36 heavy (non-hydrogen) atoms. The largest absolute Gasteiger partial charge is 0.292 e. The van der Waals surface area contributed by atoms with Crippen LogP contribution in [-0.2, 0) is 0 Å². The highest BCUT2D eigenvalue weighted by Gasteiger charge is 2.20. The normalized spacial score (nSPS) is 11.9. The fourth-order valence-electron chi connectivity index (χ4n) is 5.37. The van der Waals surface area contributed by atoms with E-state index in [1.807, 2.05) is 42.2 Å². The third kappa shape index (κ3) is 2.72. The lowest BCUT2D eigenvalue weighted by molar-refractivity contribution is 1.11. The van der Waals surface area contributed by atoms with Gasteiger partial charge in [0.25, 0.3) is 0 Å². The predicted molar refractivity (Wildman–Crippen MR) is 150 cm³/mol. The molecule has 0 fully saturated rings. The molecular weight excluding hydrogens is 460 g/mol. The van der Waals surface area contributed by atoms with Crippen molar-refractivity contribution in [3.63, 3.8) is 0 Å². The van der Waals surface area contributed by atoms with Crippen molar-refractivity contribution in [2.24, 2.45) is 0 Å². The van der Waals surface area contributed by atoms with Crippen LogP contribution in [0, 0.1) is 0 Å². The minimum Gasteiger partial charge on any atom is -0.292 e. The second-order valence-electron chi connectivity index (χ2n) is 8.96. The molecule has 4 aromatic carbocycles. The Kier molecular flexibility index (Phi) is 4.07. The number of hydrogen-bond acceptors (Lipinski definition) is 4. The summed E-state index contributed by atoms with van der Waals surface area (Å²) in [4.78, 5) is 14.1. The van der Waals surface area contributed by atoms with Crippen LogP contribution in [0.1, 0.15) is 0 Å². The van der Waals surface area contributed by atoms with Crippen molar-refractivity contribution in [3.8, 4) is 17.1 Å². The molecule has 4 heterocycles. The number of benzene rings is 4. The predicted octanol–water partition coefficient (Wildman–Crippen LogP) is 8.16. The lowest BCUT2D eigenvalue weighted by Gasteiger charge is -2.12. The smallest absolute Gasteiger partial charge is 0.145 e. The molecule has 0 N–H and O–H groups in total. The van der Waals surface area contributed by atoms with Crippen molar-refractivity contribution >= 4 is 64.1 Å². The van der Waals surface area contributed by atoms with Gasteiger partial charge in [0.2, 0.25) is 0 Å². The Morgan fingerprint density at radius 1 is 0.583 bits per heavy atom. The van der Waals surface area contributed by atoms with E-state index in [-0.39, 0.29) is 0 Å². The minimum absolute atomic E-state index is 0.923. The molecule has 0 saturated carbocycles. The zero-order chi connectivity index (χ0) is 23.6. The van der Waals surface area contributed by atoms with Crippen LogP contribution in [0.5, 0.6) is 0 Å². The van der Waals surface area contributed by atoms with Gasteiger partial charge in [-0.1, -0.05) is 48.5 Å². The number of hydrogen-bond donors (Lipinski definition) is 0. The molecule has 0 aliphatic rings. The van der Waals surface area contributed by atoms with Gasteiger partial charge in [-0.3, -0.25) is 14.5 Å². The monoisotopic (exact) mass is 478 g/mol.